The van der Waals surface area contributed by atoms with Crippen LogP contribution in [0.25, 0.3) is 0 Å². The van der Waals surface area contributed by atoms with E-state index in [0.717, 1.165) is 30.1 Å². The molecule has 4 aliphatic carbocycles. The maximum absolute atomic E-state index is 10.5. The predicted molar refractivity (Wildman–Crippen MR) is 128 cm³/mol. The lowest BCUT2D eigenvalue weighted by Crippen LogP contribution is -2.51. The van der Waals surface area contributed by atoms with Crippen LogP contribution in [0.3, 0.4) is 0 Å². The normalized spacial score (nSPS) is 46.0. The molecular formula is C29H48O. The quantitative estimate of drug-likeness (QED) is 0.467. The minimum atomic E-state index is -0.0668. The van der Waals surface area contributed by atoms with Crippen LogP contribution in [0.5, 0.6) is 0 Å². The molecular weight excluding hydrogens is 364 g/mol. The molecule has 0 aliphatic heterocycles. The Morgan fingerprint density at radius 3 is 2.37 bits per heavy atom. The Bertz CT molecular complexity index is 701. The van der Waals surface area contributed by atoms with Crippen molar-refractivity contribution in [3.05, 3.63) is 23.3 Å². The molecule has 0 spiro atoms. The Labute approximate surface area is 186 Å². The van der Waals surface area contributed by atoms with Gasteiger partial charge in [0.25, 0.3) is 0 Å². The molecule has 170 valence electrons. The summed E-state index contributed by atoms with van der Waals surface area (Å²) in [5.74, 6) is 4.89. The summed E-state index contributed by atoms with van der Waals surface area (Å²) in [5, 5.41) is 10.5. The van der Waals surface area contributed by atoms with Crippen LogP contribution in [0.15, 0.2) is 23.3 Å². The van der Waals surface area contributed by atoms with E-state index in [9.17, 15) is 5.11 Å². The number of hydrogen-bond acceptors (Lipinski definition) is 1. The van der Waals surface area contributed by atoms with Crippen molar-refractivity contribution in [1.82, 2.24) is 0 Å². The second-order valence-corrected chi connectivity index (χ2v) is 12.6. The van der Waals surface area contributed by atoms with E-state index in [0.29, 0.717) is 28.6 Å². The fourth-order valence-electron chi connectivity index (χ4n) is 8.54. The Morgan fingerprint density at radius 2 is 1.67 bits per heavy atom. The van der Waals surface area contributed by atoms with Crippen molar-refractivity contribution < 1.29 is 5.11 Å². The number of aliphatic hydroxyl groups is 1. The summed E-state index contributed by atoms with van der Waals surface area (Å²) >= 11 is 0. The molecule has 1 N–H and O–H groups in total. The maximum atomic E-state index is 10.5. The average molecular weight is 413 g/mol. The van der Waals surface area contributed by atoms with Crippen molar-refractivity contribution in [2.45, 2.75) is 106 Å². The molecule has 0 saturated heterocycles. The number of fused-ring (bicyclic) bond motifs is 4. The monoisotopic (exact) mass is 412 g/mol. The van der Waals surface area contributed by atoms with Gasteiger partial charge in [-0.2, -0.15) is 0 Å². The third-order valence-corrected chi connectivity index (χ3v) is 11.0. The highest BCUT2D eigenvalue weighted by molar-refractivity contribution is 5.35. The second kappa shape index (κ2) is 8.09. The van der Waals surface area contributed by atoms with Crippen LogP contribution in [0.4, 0.5) is 0 Å². The van der Waals surface area contributed by atoms with Crippen LogP contribution in [0, 0.1) is 52.3 Å². The van der Waals surface area contributed by atoms with E-state index in [-0.39, 0.29) is 6.10 Å². The van der Waals surface area contributed by atoms with Crippen molar-refractivity contribution in [3.63, 3.8) is 0 Å². The minimum Gasteiger partial charge on any atom is -0.393 e. The van der Waals surface area contributed by atoms with Crippen LogP contribution in [0.2, 0.25) is 0 Å². The fraction of sp³-hybridized carbons (Fsp3) is 0.862. The molecule has 0 aromatic heterocycles. The van der Waals surface area contributed by atoms with Crippen molar-refractivity contribution in [3.8, 4) is 0 Å². The first-order valence-corrected chi connectivity index (χ1v) is 13.2. The molecule has 0 bridgehead atoms. The zero-order valence-electron chi connectivity index (χ0n) is 20.9. The lowest BCUT2D eigenvalue weighted by atomic mass is 9.47. The van der Waals surface area contributed by atoms with E-state index < -0.39 is 0 Å². The Hall–Kier alpha value is -0.560. The van der Waals surface area contributed by atoms with Crippen molar-refractivity contribution in [2.75, 3.05) is 0 Å². The largest absolute Gasteiger partial charge is 0.393 e. The van der Waals surface area contributed by atoms with Gasteiger partial charge in [-0.25, -0.2) is 0 Å². The van der Waals surface area contributed by atoms with Crippen molar-refractivity contribution in [1.29, 1.82) is 0 Å². The standard InChI is InChI=1S/C29H48O/c1-18(2)19(3)8-9-20(4)23-12-13-25-22-10-11-24-21(5)27(30)15-17-29(24,7)26(22)14-16-28(23,25)6/h8-9,18-21,23-24,26-27,30H,10-17H2,1-7H3/b9-8+/t19?,20-,21+,23-,24+,26+,27+,28-,29+/m1/s1. The Morgan fingerprint density at radius 1 is 0.933 bits per heavy atom. The third kappa shape index (κ3) is 3.46. The van der Waals surface area contributed by atoms with Crippen LogP contribution in [0.1, 0.15) is 99.8 Å². The van der Waals surface area contributed by atoms with Gasteiger partial charge >= 0.3 is 0 Å². The number of hydrogen-bond donors (Lipinski definition) is 1. The first-order valence-electron chi connectivity index (χ1n) is 13.2. The van der Waals surface area contributed by atoms with Gasteiger partial charge in [-0.05, 0) is 104 Å². The van der Waals surface area contributed by atoms with E-state index in [1.54, 1.807) is 0 Å². The lowest BCUT2D eigenvalue weighted by molar-refractivity contribution is -0.0777. The Kier molecular flexibility index (Phi) is 6.10. The first kappa shape index (κ1) is 22.6. The molecule has 0 radical (unpaired) electrons. The first-order chi connectivity index (χ1) is 14.1. The molecule has 0 aromatic rings. The highest BCUT2D eigenvalue weighted by atomic mass is 16.3. The predicted octanol–water partition coefficient (Wildman–Crippen LogP) is 7.80. The van der Waals surface area contributed by atoms with E-state index in [2.05, 4.69) is 60.6 Å². The zero-order valence-corrected chi connectivity index (χ0v) is 20.9. The molecule has 4 rings (SSSR count). The average Bonchev–Trinajstić information content (AvgIpc) is 3.06. The van der Waals surface area contributed by atoms with Gasteiger partial charge in [-0.15, -0.1) is 0 Å². The van der Waals surface area contributed by atoms with Crippen molar-refractivity contribution >= 4 is 0 Å². The highest BCUT2D eigenvalue weighted by Gasteiger charge is 2.56. The summed E-state index contributed by atoms with van der Waals surface area (Å²) in [6.45, 7) is 17.1. The van der Waals surface area contributed by atoms with Gasteiger partial charge in [0.1, 0.15) is 0 Å². The van der Waals surface area contributed by atoms with Gasteiger partial charge in [0.05, 0.1) is 6.10 Å². The summed E-state index contributed by atoms with van der Waals surface area (Å²) in [4.78, 5) is 0. The second-order valence-electron chi connectivity index (χ2n) is 12.6. The molecule has 4 aliphatic rings. The molecule has 0 aromatic carbocycles. The third-order valence-electron chi connectivity index (χ3n) is 11.0. The van der Waals surface area contributed by atoms with Gasteiger partial charge in [0.15, 0.2) is 0 Å². The van der Waals surface area contributed by atoms with Crippen molar-refractivity contribution in [2.24, 2.45) is 52.3 Å². The molecule has 30 heavy (non-hydrogen) atoms. The summed E-state index contributed by atoms with van der Waals surface area (Å²) in [7, 11) is 0. The fourth-order valence-corrected chi connectivity index (χ4v) is 8.54. The molecule has 1 nitrogen and oxygen atoms in total. The van der Waals surface area contributed by atoms with Gasteiger partial charge < -0.3 is 5.11 Å². The van der Waals surface area contributed by atoms with Crippen LogP contribution in [-0.4, -0.2) is 11.2 Å². The molecule has 1 heteroatoms. The zero-order chi connectivity index (χ0) is 21.8. The molecule has 3 fully saturated rings. The Balaban J connectivity index is 1.59. The summed E-state index contributed by atoms with van der Waals surface area (Å²) in [5.41, 5.74) is 4.64. The summed E-state index contributed by atoms with van der Waals surface area (Å²) < 4.78 is 0. The number of aliphatic hydroxyl groups excluding tert-OH is 1. The van der Waals surface area contributed by atoms with Gasteiger partial charge in [-0.3, -0.25) is 0 Å². The summed E-state index contributed by atoms with van der Waals surface area (Å²) in [6, 6.07) is 0. The van der Waals surface area contributed by atoms with Gasteiger partial charge in [0.2, 0.25) is 0 Å². The molecule has 0 amide bonds. The van der Waals surface area contributed by atoms with Crippen LogP contribution in [-0.2, 0) is 0 Å². The number of allylic oxidation sites excluding steroid dienone is 4. The lowest BCUT2D eigenvalue weighted by Gasteiger charge is -2.58. The molecule has 0 heterocycles. The van der Waals surface area contributed by atoms with E-state index in [4.69, 9.17) is 0 Å². The van der Waals surface area contributed by atoms with Crippen LogP contribution < -0.4 is 0 Å². The van der Waals surface area contributed by atoms with E-state index in [1.807, 2.05) is 11.1 Å². The molecule has 9 atom stereocenters. The molecule has 3 saturated carbocycles. The topological polar surface area (TPSA) is 20.2 Å². The van der Waals surface area contributed by atoms with E-state index >= 15 is 0 Å². The smallest absolute Gasteiger partial charge is 0.0568 e. The van der Waals surface area contributed by atoms with Crippen LogP contribution >= 0.6 is 0 Å². The van der Waals surface area contributed by atoms with E-state index in [1.165, 1.54) is 44.9 Å². The SMILES string of the molecule is CC(C)C(C)/C=C/[C@@H](C)[C@H]1CCC2=C3CC[C@H]4[C@H](C)[C@@H](O)CC[C@]4(C)[C@H]3CC[C@@]21C. The van der Waals surface area contributed by atoms with Gasteiger partial charge in [-0.1, -0.05) is 71.8 Å². The highest BCUT2D eigenvalue weighted by Crippen LogP contribution is 2.66. The van der Waals surface area contributed by atoms with Gasteiger partial charge in [0, 0.05) is 0 Å². The molecule has 1 unspecified atom stereocenters. The number of rotatable bonds is 4. The maximum Gasteiger partial charge on any atom is 0.0568 e. The minimum absolute atomic E-state index is 0.0668. The summed E-state index contributed by atoms with van der Waals surface area (Å²) in [6.07, 6.45) is 15.4.